The number of hydrogen-bond donors (Lipinski definition) is 1. The molecule has 6 heteroatoms. The van der Waals surface area contributed by atoms with Gasteiger partial charge >= 0.3 is 0 Å². The SMILES string of the molecule is CN1C(=O)c2ccc(Cl)cc2[C@]12CC(=O)NC2=O. The third-order valence-corrected chi connectivity index (χ3v) is 3.81. The van der Waals surface area contributed by atoms with Gasteiger partial charge in [-0.25, -0.2) is 0 Å². The van der Waals surface area contributed by atoms with Crippen LogP contribution < -0.4 is 5.32 Å². The highest BCUT2D eigenvalue weighted by Crippen LogP contribution is 2.44. The van der Waals surface area contributed by atoms with Crippen LogP contribution in [0, 0.1) is 0 Å². The Morgan fingerprint density at radius 2 is 2.06 bits per heavy atom. The number of benzene rings is 1. The Kier molecular flexibility index (Phi) is 2.07. The van der Waals surface area contributed by atoms with Crippen molar-refractivity contribution >= 4 is 29.3 Å². The van der Waals surface area contributed by atoms with Gasteiger partial charge in [-0.3, -0.25) is 19.7 Å². The first-order valence-corrected chi connectivity index (χ1v) is 5.77. The van der Waals surface area contributed by atoms with Crippen LogP contribution in [0.2, 0.25) is 5.02 Å². The molecule has 92 valence electrons. The highest BCUT2D eigenvalue weighted by atomic mass is 35.5. The molecule has 0 unspecified atom stereocenters. The van der Waals surface area contributed by atoms with E-state index in [1.807, 2.05) is 0 Å². The van der Waals surface area contributed by atoms with Gasteiger partial charge in [0.05, 0.1) is 6.42 Å². The number of amides is 3. The maximum Gasteiger partial charge on any atom is 0.257 e. The lowest BCUT2D eigenvalue weighted by atomic mass is 9.88. The van der Waals surface area contributed by atoms with E-state index < -0.39 is 11.4 Å². The van der Waals surface area contributed by atoms with E-state index in [9.17, 15) is 14.4 Å². The smallest absolute Gasteiger partial charge is 0.257 e. The van der Waals surface area contributed by atoms with E-state index in [1.165, 1.54) is 11.9 Å². The summed E-state index contributed by atoms with van der Waals surface area (Å²) in [5.74, 6) is -1.12. The summed E-state index contributed by atoms with van der Waals surface area (Å²) in [6.07, 6.45) is -0.0542. The van der Waals surface area contributed by atoms with Crippen LogP contribution in [0.15, 0.2) is 18.2 Å². The molecular weight excluding hydrogens is 256 g/mol. The number of hydrogen-bond acceptors (Lipinski definition) is 3. The van der Waals surface area contributed by atoms with Crippen molar-refractivity contribution in [1.82, 2.24) is 10.2 Å². The first-order valence-electron chi connectivity index (χ1n) is 5.39. The third kappa shape index (κ3) is 1.14. The van der Waals surface area contributed by atoms with Crippen molar-refractivity contribution in [3.63, 3.8) is 0 Å². The molecule has 0 saturated carbocycles. The molecule has 3 rings (SSSR count). The van der Waals surface area contributed by atoms with Gasteiger partial charge < -0.3 is 4.90 Å². The second-order valence-electron chi connectivity index (χ2n) is 4.47. The predicted molar refractivity (Wildman–Crippen MR) is 63.0 cm³/mol. The molecule has 1 N–H and O–H groups in total. The molecule has 0 aromatic heterocycles. The minimum atomic E-state index is -1.23. The zero-order valence-electron chi connectivity index (χ0n) is 9.49. The van der Waals surface area contributed by atoms with Crippen LogP contribution in [0.5, 0.6) is 0 Å². The maximum atomic E-state index is 12.1. The Morgan fingerprint density at radius 1 is 1.33 bits per heavy atom. The number of likely N-dealkylation sites (N-methyl/N-ethyl adjacent to an activating group) is 1. The van der Waals surface area contributed by atoms with Crippen LogP contribution in [-0.2, 0) is 15.1 Å². The maximum absolute atomic E-state index is 12.1. The number of rotatable bonds is 0. The molecule has 2 heterocycles. The molecule has 1 saturated heterocycles. The molecule has 5 nitrogen and oxygen atoms in total. The average molecular weight is 265 g/mol. The first kappa shape index (κ1) is 11.2. The number of nitrogens with zero attached hydrogens (tertiary/aromatic N) is 1. The molecular formula is C12H9ClN2O3. The van der Waals surface area contributed by atoms with Gasteiger partial charge in [-0.05, 0) is 18.2 Å². The van der Waals surface area contributed by atoms with Crippen molar-refractivity contribution in [2.24, 2.45) is 0 Å². The molecule has 1 aromatic rings. The lowest BCUT2D eigenvalue weighted by molar-refractivity contribution is -0.128. The molecule has 1 spiro atoms. The summed E-state index contributed by atoms with van der Waals surface area (Å²) in [7, 11) is 1.52. The third-order valence-electron chi connectivity index (χ3n) is 3.58. The van der Waals surface area contributed by atoms with Crippen LogP contribution in [0.4, 0.5) is 0 Å². The fourth-order valence-corrected chi connectivity index (χ4v) is 2.83. The number of carbonyl (C=O) groups is 3. The van der Waals surface area contributed by atoms with E-state index in [0.29, 0.717) is 16.1 Å². The zero-order chi connectivity index (χ0) is 13.1. The standard InChI is InChI=1S/C12H9ClN2O3/c1-15-10(17)7-3-2-6(13)4-8(7)12(15)5-9(16)14-11(12)18/h2-4H,5H2,1H3,(H,14,16,18)/t12-/m0/s1. The molecule has 0 bridgehead atoms. The topological polar surface area (TPSA) is 66.5 Å². The van der Waals surface area contributed by atoms with E-state index in [4.69, 9.17) is 11.6 Å². The van der Waals surface area contributed by atoms with Crippen molar-refractivity contribution < 1.29 is 14.4 Å². The van der Waals surface area contributed by atoms with Gasteiger partial charge in [0.2, 0.25) is 5.91 Å². The van der Waals surface area contributed by atoms with Gasteiger partial charge in [-0.15, -0.1) is 0 Å². The fraction of sp³-hybridized carbons (Fsp3) is 0.250. The highest BCUT2D eigenvalue weighted by molar-refractivity contribution is 6.31. The van der Waals surface area contributed by atoms with E-state index in [-0.39, 0.29) is 18.2 Å². The highest BCUT2D eigenvalue weighted by Gasteiger charge is 2.58. The molecule has 18 heavy (non-hydrogen) atoms. The molecule has 0 radical (unpaired) electrons. The Balaban J connectivity index is 2.30. The van der Waals surface area contributed by atoms with Gasteiger partial charge in [0.1, 0.15) is 0 Å². The summed E-state index contributed by atoms with van der Waals surface area (Å²) < 4.78 is 0. The van der Waals surface area contributed by atoms with Crippen LogP contribution in [-0.4, -0.2) is 29.7 Å². The van der Waals surface area contributed by atoms with Gasteiger partial charge in [-0.2, -0.15) is 0 Å². The van der Waals surface area contributed by atoms with Crippen LogP contribution in [0.3, 0.4) is 0 Å². The summed E-state index contributed by atoms with van der Waals surface area (Å²) in [5.41, 5.74) is -0.299. The Labute approximate surface area is 108 Å². The monoisotopic (exact) mass is 264 g/mol. The normalized spacial score (nSPS) is 25.9. The zero-order valence-corrected chi connectivity index (χ0v) is 10.2. The van der Waals surface area contributed by atoms with Crippen LogP contribution in [0.25, 0.3) is 0 Å². The summed E-state index contributed by atoms with van der Waals surface area (Å²) in [5, 5.41) is 2.68. The Morgan fingerprint density at radius 3 is 2.67 bits per heavy atom. The lowest BCUT2D eigenvalue weighted by Gasteiger charge is -2.28. The van der Waals surface area contributed by atoms with Crippen molar-refractivity contribution in [3.8, 4) is 0 Å². The number of halogens is 1. The molecule has 0 aliphatic carbocycles. The largest absolute Gasteiger partial charge is 0.323 e. The molecule has 1 aromatic carbocycles. The van der Waals surface area contributed by atoms with E-state index in [0.717, 1.165) is 0 Å². The van der Waals surface area contributed by atoms with Crippen molar-refractivity contribution in [3.05, 3.63) is 34.3 Å². The number of carbonyl (C=O) groups excluding carboxylic acids is 3. The average Bonchev–Trinajstić information content (AvgIpc) is 2.72. The Bertz CT molecular complexity index is 613. The van der Waals surface area contributed by atoms with Gasteiger partial charge in [0, 0.05) is 23.2 Å². The van der Waals surface area contributed by atoms with E-state index in [1.54, 1.807) is 18.2 Å². The summed E-state index contributed by atoms with van der Waals surface area (Å²) >= 11 is 5.92. The minimum absolute atomic E-state index is 0.0542. The fourth-order valence-electron chi connectivity index (χ4n) is 2.66. The molecule has 3 amide bonds. The number of fused-ring (bicyclic) bond motifs is 2. The number of imide groups is 1. The number of nitrogens with one attached hydrogen (secondary N) is 1. The summed E-state index contributed by atoms with van der Waals surface area (Å²) in [6, 6.07) is 4.76. The second kappa shape index (κ2) is 3.32. The van der Waals surface area contributed by atoms with Crippen molar-refractivity contribution in [1.29, 1.82) is 0 Å². The molecule has 1 fully saturated rings. The van der Waals surface area contributed by atoms with Crippen molar-refractivity contribution in [2.45, 2.75) is 12.0 Å². The quantitative estimate of drug-likeness (QED) is 0.701. The van der Waals surface area contributed by atoms with Gasteiger partial charge in [-0.1, -0.05) is 11.6 Å². The van der Waals surface area contributed by atoms with E-state index in [2.05, 4.69) is 5.32 Å². The minimum Gasteiger partial charge on any atom is -0.323 e. The Hall–Kier alpha value is -1.88. The van der Waals surface area contributed by atoms with Crippen LogP contribution in [0.1, 0.15) is 22.3 Å². The van der Waals surface area contributed by atoms with Gasteiger partial charge in [0.25, 0.3) is 11.8 Å². The first-order chi connectivity index (χ1) is 8.46. The van der Waals surface area contributed by atoms with Crippen molar-refractivity contribution in [2.75, 3.05) is 7.05 Å². The van der Waals surface area contributed by atoms with E-state index >= 15 is 0 Å². The van der Waals surface area contributed by atoms with Gasteiger partial charge in [0.15, 0.2) is 5.54 Å². The second-order valence-corrected chi connectivity index (χ2v) is 4.90. The lowest BCUT2D eigenvalue weighted by Crippen LogP contribution is -2.46. The summed E-state index contributed by atoms with van der Waals surface area (Å²) in [4.78, 5) is 37.0. The molecule has 2 aliphatic heterocycles. The molecule has 1 atom stereocenters. The van der Waals surface area contributed by atoms with Crippen LogP contribution >= 0.6 is 11.6 Å². The summed E-state index contributed by atoms with van der Waals surface area (Å²) in [6.45, 7) is 0. The molecule has 2 aliphatic rings. The predicted octanol–water partition coefficient (Wildman–Crippen LogP) is 0.667.